The van der Waals surface area contributed by atoms with Gasteiger partial charge < -0.3 is 10.2 Å². The van der Waals surface area contributed by atoms with Crippen LogP contribution in [0.1, 0.15) is 46.5 Å². The second kappa shape index (κ2) is 4.40. The smallest absolute Gasteiger partial charge is 0.0782 e. The second-order valence-electron chi connectivity index (χ2n) is 6.63. The summed E-state index contributed by atoms with van der Waals surface area (Å²) in [6.07, 6.45) is 3.33. The molecule has 98 valence electrons. The number of aliphatic hydroxyl groups excluding tert-OH is 1. The molecule has 2 nitrogen and oxygen atoms in total. The van der Waals surface area contributed by atoms with Crippen LogP contribution in [-0.4, -0.2) is 21.9 Å². The summed E-state index contributed by atoms with van der Waals surface area (Å²) in [5, 5.41) is 20.9. The normalized spacial score (nSPS) is 47.1. The molecule has 17 heavy (non-hydrogen) atoms. The molecule has 2 heteroatoms. The van der Waals surface area contributed by atoms with Gasteiger partial charge in [0.05, 0.1) is 11.7 Å². The molecule has 0 radical (unpaired) electrons. The highest BCUT2D eigenvalue weighted by Gasteiger charge is 2.50. The summed E-state index contributed by atoms with van der Waals surface area (Å²) >= 11 is 0. The van der Waals surface area contributed by atoms with E-state index in [1.807, 2.05) is 6.92 Å². The third-order valence-electron chi connectivity index (χ3n) is 5.16. The van der Waals surface area contributed by atoms with Crippen molar-refractivity contribution in [2.75, 3.05) is 0 Å². The molecule has 2 saturated carbocycles. The minimum absolute atomic E-state index is 0.208. The van der Waals surface area contributed by atoms with Gasteiger partial charge in [-0.15, -0.1) is 0 Å². The fourth-order valence-electron chi connectivity index (χ4n) is 4.05. The van der Waals surface area contributed by atoms with Crippen molar-refractivity contribution >= 4 is 0 Å². The third kappa shape index (κ3) is 2.17. The summed E-state index contributed by atoms with van der Waals surface area (Å²) in [5.41, 5.74) is 0.368. The van der Waals surface area contributed by atoms with Crippen molar-refractivity contribution in [3.8, 4) is 0 Å². The molecule has 2 aliphatic rings. The van der Waals surface area contributed by atoms with E-state index in [-0.39, 0.29) is 11.8 Å². The summed E-state index contributed by atoms with van der Waals surface area (Å²) < 4.78 is 0. The molecule has 5 atom stereocenters. The quantitative estimate of drug-likeness (QED) is 0.690. The van der Waals surface area contributed by atoms with E-state index in [9.17, 15) is 10.2 Å². The first kappa shape index (κ1) is 13.1. The molecule has 2 rings (SSSR count). The lowest BCUT2D eigenvalue weighted by atomic mass is 9.56. The van der Waals surface area contributed by atoms with Crippen molar-refractivity contribution < 1.29 is 10.2 Å². The Morgan fingerprint density at radius 3 is 2.59 bits per heavy atom. The van der Waals surface area contributed by atoms with E-state index in [1.54, 1.807) is 0 Å². The van der Waals surface area contributed by atoms with Gasteiger partial charge in [-0.05, 0) is 61.9 Å². The Bertz CT molecular complexity index is 306. The first-order chi connectivity index (χ1) is 7.84. The fourth-order valence-corrected chi connectivity index (χ4v) is 4.05. The monoisotopic (exact) mass is 238 g/mol. The number of rotatable bonds is 1. The molecule has 2 N–H and O–H groups in total. The van der Waals surface area contributed by atoms with E-state index >= 15 is 0 Å². The molecular weight excluding hydrogens is 212 g/mol. The van der Waals surface area contributed by atoms with Gasteiger partial charge in [-0.1, -0.05) is 20.4 Å². The van der Waals surface area contributed by atoms with Crippen LogP contribution in [0.4, 0.5) is 0 Å². The lowest BCUT2D eigenvalue weighted by Gasteiger charge is -2.52. The molecule has 0 saturated heterocycles. The van der Waals surface area contributed by atoms with E-state index in [0.29, 0.717) is 11.8 Å². The van der Waals surface area contributed by atoms with E-state index in [4.69, 9.17) is 0 Å². The van der Waals surface area contributed by atoms with Gasteiger partial charge in [0.25, 0.3) is 0 Å². The highest BCUT2D eigenvalue weighted by atomic mass is 16.3. The molecule has 0 aromatic heterocycles. The Kier molecular flexibility index (Phi) is 3.39. The Balaban J connectivity index is 2.30. The second-order valence-corrected chi connectivity index (χ2v) is 6.63. The van der Waals surface area contributed by atoms with E-state index in [1.165, 1.54) is 0 Å². The van der Waals surface area contributed by atoms with Crippen LogP contribution in [0.2, 0.25) is 0 Å². The number of hydrogen-bond donors (Lipinski definition) is 2. The molecule has 0 heterocycles. The van der Waals surface area contributed by atoms with Gasteiger partial charge in [-0.25, -0.2) is 0 Å². The van der Waals surface area contributed by atoms with Crippen molar-refractivity contribution in [3.05, 3.63) is 12.2 Å². The Morgan fingerprint density at radius 2 is 2.00 bits per heavy atom. The zero-order valence-electron chi connectivity index (χ0n) is 11.3. The Labute approximate surface area is 105 Å². The van der Waals surface area contributed by atoms with E-state index in [2.05, 4.69) is 20.4 Å². The van der Waals surface area contributed by atoms with Gasteiger partial charge in [-0.2, -0.15) is 0 Å². The first-order valence-corrected chi connectivity index (χ1v) is 6.92. The van der Waals surface area contributed by atoms with Crippen LogP contribution in [0.5, 0.6) is 0 Å². The molecule has 2 aliphatic carbocycles. The Hall–Kier alpha value is -0.340. The van der Waals surface area contributed by atoms with Crippen LogP contribution in [0.3, 0.4) is 0 Å². The molecule has 0 spiro atoms. The maximum absolute atomic E-state index is 10.5. The lowest BCUT2D eigenvalue weighted by Crippen LogP contribution is -2.53. The van der Waals surface area contributed by atoms with Crippen LogP contribution < -0.4 is 0 Å². The van der Waals surface area contributed by atoms with Crippen molar-refractivity contribution in [2.24, 2.45) is 23.7 Å². The molecule has 0 aromatic carbocycles. The van der Waals surface area contributed by atoms with Crippen molar-refractivity contribution in [3.63, 3.8) is 0 Å². The fraction of sp³-hybridized carbons (Fsp3) is 0.867. The van der Waals surface area contributed by atoms with Crippen LogP contribution in [0.25, 0.3) is 0 Å². The number of fused-ring (bicyclic) bond motifs is 1. The van der Waals surface area contributed by atoms with Crippen molar-refractivity contribution in [2.45, 2.75) is 58.2 Å². The molecule has 0 amide bonds. The largest absolute Gasteiger partial charge is 0.390 e. The predicted octanol–water partition coefficient (Wildman–Crippen LogP) is 2.75. The summed E-state index contributed by atoms with van der Waals surface area (Å²) in [6, 6.07) is 0. The maximum atomic E-state index is 10.5. The van der Waals surface area contributed by atoms with Gasteiger partial charge in [0.15, 0.2) is 0 Å². The highest BCUT2D eigenvalue weighted by molar-refractivity contribution is 5.14. The average Bonchev–Trinajstić information content (AvgIpc) is 2.23. The van der Waals surface area contributed by atoms with Gasteiger partial charge in [0, 0.05) is 0 Å². The van der Waals surface area contributed by atoms with Gasteiger partial charge >= 0.3 is 0 Å². The standard InChI is InChI=1S/C15H26O2/c1-9(2)11-7-8-15(4,17)12-6-5-10(3)14(16)13(11)12/h9,11-14,16-17H,3,5-8H2,1-2,4H3/t11-,12-,13-,14-,15+/m1/s1. The van der Waals surface area contributed by atoms with Crippen LogP contribution >= 0.6 is 0 Å². The van der Waals surface area contributed by atoms with Gasteiger partial charge in [0.2, 0.25) is 0 Å². The van der Waals surface area contributed by atoms with Crippen molar-refractivity contribution in [1.29, 1.82) is 0 Å². The van der Waals surface area contributed by atoms with Crippen LogP contribution in [0.15, 0.2) is 12.2 Å². The van der Waals surface area contributed by atoms with Crippen LogP contribution in [-0.2, 0) is 0 Å². The molecule has 0 bridgehead atoms. The predicted molar refractivity (Wildman–Crippen MR) is 69.5 cm³/mol. The van der Waals surface area contributed by atoms with E-state index in [0.717, 1.165) is 31.3 Å². The summed E-state index contributed by atoms with van der Waals surface area (Å²) in [7, 11) is 0. The summed E-state index contributed by atoms with van der Waals surface area (Å²) in [6.45, 7) is 10.4. The number of aliphatic hydroxyl groups is 2. The van der Waals surface area contributed by atoms with Crippen molar-refractivity contribution in [1.82, 2.24) is 0 Å². The minimum atomic E-state index is -0.599. The maximum Gasteiger partial charge on any atom is 0.0782 e. The minimum Gasteiger partial charge on any atom is -0.390 e. The SMILES string of the molecule is C=C1CC[C@@H]2[C@H]([C@@H]1O)[C@@H](C(C)C)CC[C@]2(C)O. The average molecular weight is 238 g/mol. The highest BCUT2D eigenvalue weighted by Crippen LogP contribution is 2.51. The third-order valence-corrected chi connectivity index (χ3v) is 5.16. The summed E-state index contributed by atoms with van der Waals surface area (Å²) in [4.78, 5) is 0. The first-order valence-electron chi connectivity index (χ1n) is 6.92. The van der Waals surface area contributed by atoms with E-state index < -0.39 is 11.7 Å². The molecule has 0 unspecified atom stereocenters. The summed E-state index contributed by atoms with van der Waals surface area (Å²) in [5.74, 6) is 1.54. The number of hydrogen-bond acceptors (Lipinski definition) is 2. The topological polar surface area (TPSA) is 40.5 Å². The van der Waals surface area contributed by atoms with Gasteiger partial charge in [0.1, 0.15) is 0 Å². The molecular formula is C15H26O2. The van der Waals surface area contributed by atoms with Gasteiger partial charge in [-0.3, -0.25) is 0 Å². The Morgan fingerprint density at radius 1 is 1.35 bits per heavy atom. The zero-order chi connectivity index (χ0) is 12.8. The lowest BCUT2D eigenvalue weighted by molar-refractivity contribution is -0.127. The molecule has 2 fully saturated rings. The molecule has 0 aliphatic heterocycles. The van der Waals surface area contributed by atoms with Crippen LogP contribution in [0, 0.1) is 23.7 Å². The zero-order valence-corrected chi connectivity index (χ0v) is 11.3. The molecule has 0 aromatic rings.